The minimum atomic E-state index is -0.0240. The minimum Gasteiger partial charge on any atom is -0.393 e. The molecule has 0 spiro atoms. The zero-order valence-corrected chi connectivity index (χ0v) is 6.87. The Kier molecular flexibility index (Phi) is 4.94. The lowest BCUT2D eigenvalue weighted by molar-refractivity contribution is 0.0706. The molecule has 2 atom stereocenters. The molecule has 0 radical (unpaired) electrons. The molecule has 0 aliphatic carbocycles. The highest BCUT2D eigenvalue weighted by Gasteiger charge is 1.94. The zero-order valence-electron chi connectivity index (χ0n) is 6.87. The Morgan fingerprint density at radius 2 is 2.20 bits per heavy atom. The second kappa shape index (κ2) is 5.23. The monoisotopic (exact) mass is 144 g/mol. The van der Waals surface area contributed by atoms with Gasteiger partial charge in [-0.15, -0.1) is 0 Å². The van der Waals surface area contributed by atoms with Gasteiger partial charge in [0, 0.05) is 6.04 Å². The van der Waals surface area contributed by atoms with E-state index < -0.39 is 0 Å². The smallest absolute Gasteiger partial charge is 0.124 e. The quantitative estimate of drug-likeness (QED) is 0.475. The van der Waals surface area contributed by atoms with Crippen molar-refractivity contribution in [3.63, 3.8) is 0 Å². The summed E-state index contributed by atoms with van der Waals surface area (Å²) in [5.74, 6) is 0. The minimum absolute atomic E-state index is 0.0240. The van der Waals surface area contributed by atoms with Crippen LogP contribution in [0.1, 0.15) is 27.2 Å². The number of oxime groups is 1. The summed E-state index contributed by atoms with van der Waals surface area (Å²) >= 11 is 0. The van der Waals surface area contributed by atoms with Crippen LogP contribution in [0.15, 0.2) is 5.16 Å². The molecule has 2 unspecified atom stereocenters. The number of rotatable bonds is 4. The lowest BCUT2D eigenvalue weighted by Gasteiger charge is -2.04. The van der Waals surface area contributed by atoms with Gasteiger partial charge >= 0.3 is 0 Å². The van der Waals surface area contributed by atoms with Crippen LogP contribution in [0.3, 0.4) is 0 Å². The molecule has 0 rings (SSSR count). The lowest BCUT2D eigenvalue weighted by atomic mass is 10.3. The molecule has 3 heteroatoms. The lowest BCUT2D eigenvalue weighted by Crippen LogP contribution is -2.16. The van der Waals surface area contributed by atoms with E-state index in [1.807, 2.05) is 20.8 Å². The Morgan fingerprint density at radius 3 is 2.60 bits per heavy atom. The SMILES string of the molecule is CCC(C)ON=CC(C)N. The molecule has 0 aromatic carbocycles. The first-order valence-corrected chi connectivity index (χ1v) is 3.61. The van der Waals surface area contributed by atoms with Crippen LogP contribution in [-0.2, 0) is 4.84 Å². The van der Waals surface area contributed by atoms with Crippen molar-refractivity contribution in [2.75, 3.05) is 0 Å². The molecule has 0 heterocycles. The van der Waals surface area contributed by atoms with Gasteiger partial charge in [0.2, 0.25) is 0 Å². The fourth-order valence-electron chi connectivity index (χ4n) is 0.310. The summed E-state index contributed by atoms with van der Waals surface area (Å²) in [4.78, 5) is 4.99. The van der Waals surface area contributed by atoms with E-state index in [1.165, 1.54) is 0 Å². The van der Waals surface area contributed by atoms with Crippen LogP contribution in [0.5, 0.6) is 0 Å². The van der Waals surface area contributed by atoms with Crippen molar-refractivity contribution in [3.8, 4) is 0 Å². The molecule has 0 aromatic heterocycles. The highest BCUT2D eigenvalue weighted by Crippen LogP contribution is 1.94. The van der Waals surface area contributed by atoms with Gasteiger partial charge in [0.05, 0.1) is 6.21 Å². The van der Waals surface area contributed by atoms with Crippen LogP contribution >= 0.6 is 0 Å². The van der Waals surface area contributed by atoms with E-state index in [-0.39, 0.29) is 12.1 Å². The molecule has 0 aliphatic heterocycles. The predicted octanol–water partition coefficient (Wildman–Crippen LogP) is 1.13. The maximum atomic E-state index is 5.39. The average molecular weight is 144 g/mol. The molecule has 2 N–H and O–H groups in total. The molecule has 0 saturated carbocycles. The van der Waals surface area contributed by atoms with Gasteiger partial charge in [0.15, 0.2) is 0 Å². The molecular weight excluding hydrogens is 128 g/mol. The van der Waals surface area contributed by atoms with Crippen LogP contribution < -0.4 is 5.73 Å². The van der Waals surface area contributed by atoms with E-state index in [4.69, 9.17) is 10.6 Å². The van der Waals surface area contributed by atoms with Crippen LogP contribution in [0.25, 0.3) is 0 Å². The maximum Gasteiger partial charge on any atom is 0.124 e. The molecule has 0 fully saturated rings. The van der Waals surface area contributed by atoms with E-state index >= 15 is 0 Å². The van der Waals surface area contributed by atoms with Gasteiger partial charge < -0.3 is 10.6 Å². The third-order valence-corrected chi connectivity index (χ3v) is 1.11. The van der Waals surface area contributed by atoms with Crippen molar-refractivity contribution in [2.45, 2.75) is 39.3 Å². The Hall–Kier alpha value is -0.570. The summed E-state index contributed by atoms with van der Waals surface area (Å²) < 4.78 is 0. The average Bonchev–Trinajstić information content (AvgIpc) is 1.87. The van der Waals surface area contributed by atoms with Crippen molar-refractivity contribution in [1.29, 1.82) is 0 Å². The second-order valence-electron chi connectivity index (χ2n) is 2.44. The summed E-state index contributed by atoms with van der Waals surface area (Å²) in [5.41, 5.74) is 5.39. The summed E-state index contributed by atoms with van der Waals surface area (Å²) in [6.45, 7) is 5.87. The van der Waals surface area contributed by atoms with Crippen molar-refractivity contribution in [3.05, 3.63) is 0 Å². The predicted molar refractivity (Wildman–Crippen MR) is 43.0 cm³/mol. The molecule has 0 saturated heterocycles. The third-order valence-electron chi connectivity index (χ3n) is 1.11. The molecule has 0 amide bonds. The molecule has 0 aromatic rings. The number of nitrogens with two attached hydrogens (primary N) is 1. The first-order valence-electron chi connectivity index (χ1n) is 3.61. The van der Waals surface area contributed by atoms with E-state index in [9.17, 15) is 0 Å². The van der Waals surface area contributed by atoms with Crippen molar-refractivity contribution in [1.82, 2.24) is 0 Å². The normalized spacial score (nSPS) is 17.2. The van der Waals surface area contributed by atoms with E-state index in [0.717, 1.165) is 6.42 Å². The Morgan fingerprint density at radius 1 is 1.60 bits per heavy atom. The maximum absolute atomic E-state index is 5.39. The van der Waals surface area contributed by atoms with Gasteiger partial charge in [0.1, 0.15) is 6.10 Å². The van der Waals surface area contributed by atoms with Crippen LogP contribution in [0.4, 0.5) is 0 Å². The van der Waals surface area contributed by atoms with Gasteiger partial charge in [-0.3, -0.25) is 0 Å². The van der Waals surface area contributed by atoms with Crippen molar-refractivity contribution < 1.29 is 4.84 Å². The standard InChI is InChI=1S/C7H16N2O/c1-4-7(3)10-9-5-6(2)8/h5-7H,4,8H2,1-3H3. The van der Waals surface area contributed by atoms with Gasteiger partial charge in [-0.05, 0) is 20.3 Å². The molecular formula is C7H16N2O. The fraction of sp³-hybridized carbons (Fsp3) is 0.857. The number of nitrogens with zero attached hydrogens (tertiary/aromatic N) is 1. The summed E-state index contributed by atoms with van der Waals surface area (Å²) in [6.07, 6.45) is 2.75. The van der Waals surface area contributed by atoms with E-state index in [0.29, 0.717) is 0 Å². The molecule has 3 nitrogen and oxygen atoms in total. The summed E-state index contributed by atoms with van der Waals surface area (Å²) in [6, 6.07) is -0.0240. The van der Waals surface area contributed by atoms with E-state index in [2.05, 4.69) is 5.16 Å². The zero-order chi connectivity index (χ0) is 7.98. The second-order valence-corrected chi connectivity index (χ2v) is 2.44. The highest BCUT2D eigenvalue weighted by molar-refractivity contribution is 5.62. The largest absolute Gasteiger partial charge is 0.393 e. The van der Waals surface area contributed by atoms with Gasteiger partial charge in [-0.25, -0.2) is 0 Å². The Balaban J connectivity index is 3.33. The first kappa shape index (κ1) is 9.43. The third kappa shape index (κ3) is 5.56. The van der Waals surface area contributed by atoms with Crippen LogP contribution in [0, 0.1) is 0 Å². The molecule has 0 bridgehead atoms. The molecule has 10 heavy (non-hydrogen) atoms. The van der Waals surface area contributed by atoms with E-state index in [1.54, 1.807) is 6.21 Å². The van der Waals surface area contributed by atoms with Crippen LogP contribution in [-0.4, -0.2) is 18.4 Å². The number of hydrogen-bond acceptors (Lipinski definition) is 3. The van der Waals surface area contributed by atoms with Gasteiger partial charge in [-0.1, -0.05) is 12.1 Å². The van der Waals surface area contributed by atoms with Crippen molar-refractivity contribution in [2.24, 2.45) is 10.9 Å². The highest BCUT2D eigenvalue weighted by atomic mass is 16.6. The molecule has 0 aliphatic rings. The fourth-order valence-corrected chi connectivity index (χ4v) is 0.310. The first-order chi connectivity index (χ1) is 4.66. The van der Waals surface area contributed by atoms with Crippen molar-refractivity contribution >= 4 is 6.21 Å². The van der Waals surface area contributed by atoms with Crippen LogP contribution in [0.2, 0.25) is 0 Å². The topological polar surface area (TPSA) is 47.6 Å². The van der Waals surface area contributed by atoms with Gasteiger partial charge in [0.25, 0.3) is 0 Å². The Bertz CT molecular complexity index is 102. The summed E-state index contributed by atoms with van der Waals surface area (Å²) in [7, 11) is 0. The molecule has 60 valence electrons. The number of hydrogen-bond donors (Lipinski definition) is 1. The van der Waals surface area contributed by atoms with Gasteiger partial charge in [-0.2, -0.15) is 0 Å². The summed E-state index contributed by atoms with van der Waals surface area (Å²) in [5, 5.41) is 3.69. The Labute approximate surface area is 62.2 Å².